The maximum atomic E-state index is 2.46. The first-order valence-electron chi connectivity index (χ1n) is 11.6. The lowest BCUT2D eigenvalue weighted by Crippen LogP contribution is -2.49. The molecule has 0 heteroatoms. The summed E-state index contributed by atoms with van der Waals surface area (Å²) in [6.07, 6.45) is 0. The summed E-state index contributed by atoms with van der Waals surface area (Å²) in [6, 6.07) is 32.4. The van der Waals surface area contributed by atoms with Crippen molar-refractivity contribution in [2.75, 3.05) is 0 Å². The molecule has 4 aromatic rings. The highest BCUT2D eigenvalue weighted by molar-refractivity contribution is 5.81. The molecule has 5 rings (SSSR count). The number of rotatable bonds is 2. The van der Waals surface area contributed by atoms with E-state index < -0.39 is 0 Å². The van der Waals surface area contributed by atoms with Gasteiger partial charge in [-0.05, 0) is 61.1 Å². The normalized spacial score (nSPS) is 21.7. The fourth-order valence-electron chi connectivity index (χ4n) is 5.81. The van der Waals surface area contributed by atoms with Crippen LogP contribution in [0.3, 0.4) is 0 Å². The van der Waals surface area contributed by atoms with Gasteiger partial charge in [0.25, 0.3) is 0 Å². The van der Waals surface area contributed by atoms with E-state index in [-0.39, 0.29) is 10.8 Å². The number of benzene rings is 4. The molecule has 1 aliphatic rings. The van der Waals surface area contributed by atoms with E-state index in [4.69, 9.17) is 0 Å². The van der Waals surface area contributed by atoms with Gasteiger partial charge in [0.2, 0.25) is 0 Å². The Labute approximate surface area is 193 Å². The largest absolute Gasteiger partial charge is 0.0590 e. The summed E-state index contributed by atoms with van der Waals surface area (Å²) < 4.78 is 0. The van der Waals surface area contributed by atoms with Crippen LogP contribution in [0.25, 0.3) is 11.1 Å². The molecule has 0 heterocycles. The molecule has 0 amide bonds. The summed E-state index contributed by atoms with van der Waals surface area (Å²) in [5, 5.41) is 0. The third-order valence-corrected chi connectivity index (χ3v) is 7.98. The van der Waals surface area contributed by atoms with Gasteiger partial charge in [-0.25, -0.2) is 0 Å². The quantitative estimate of drug-likeness (QED) is 0.309. The summed E-state index contributed by atoms with van der Waals surface area (Å²) in [6.45, 7) is 13.7. The second-order valence-electron chi connectivity index (χ2n) is 10.1. The van der Waals surface area contributed by atoms with Crippen molar-refractivity contribution in [3.8, 4) is 11.1 Å². The van der Waals surface area contributed by atoms with Crippen LogP contribution in [-0.4, -0.2) is 0 Å². The molecule has 2 atom stereocenters. The van der Waals surface area contributed by atoms with Gasteiger partial charge in [0.05, 0.1) is 0 Å². The molecule has 2 unspecified atom stereocenters. The first-order valence-corrected chi connectivity index (χ1v) is 11.6. The Bertz CT molecular complexity index is 1200. The van der Waals surface area contributed by atoms with Gasteiger partial charge in [0.15, 0.2) is 0 Å². The molecule has 0 radical (unpaired) electrons. The Morgan fingerprint density at radius 2 is 0.719 bits per heavy atom. The fourth-order valence-corrected chi connectivity index (χ4v) is 5.81. The Balaban J connectivity index is 1.96. The molecule has 0 saturated carbocycles. The van der Waals surface area contributed by atoms with E-state index in [1.165, 1.54) is 55.6 Å². The Kier molecular flexibility index (Phi) is 4.67. The molecule has 0 saturated heterocycles. The maximum absolute atomic E-state index is 2.46. The first kappa shape index (κ1) is 20.8. The van der Waals surface area contributed by atoms with Crippen LogP contribution in [0.1, 0.15) is 58.4 Å². The molecule has 4 aromatic carbocycles. The standard InChI is InChI=1S/C32H32/c1-21-7-13-25(14-8-21)31(5)29-19-23(3)11-17-27(29)28-18-12-24(4)20-30(28)32(31,6)26-15-9-22(2)10-16-26/h7-20H,1-6H3. The minimum Gasteiger partial charge on any atom is -0.0590 e. The third kappa shape index (κ3) is 2.82. The van der Waals surface area contributed by atoms with Gasteiger partial charge in [-0.3, -0.25) is 0 Å². The average molecular weight is 417 g/mol. The van der Waals surface area contributed by atoms with Gasteiger partial charge in [-0.2, -0.15) is 0 Å². The zero-order chi connectivity index (χ0) is 22.7. The lowest BCUT2D eigenvalue weighted by molar-refractivity contribution is 0.355. The summed E-state index contributed by atoms with van der Waals surface area (Å²) in [5.74, 6) is 0. The first-order chi connectivity index (χ1) is 15.2. The summed E-state index contributed by atoms with van der Waals surface area (Å²) in [4.78, 5) is 0. The summed E-state index contributed by atoms with van der Waals surface area (Å²) in [5.41, 5.74) is 13.1. The molecule has 32 heavy (non-hydrogen) atoms. The van der Waals surface area contributed by atoms with Crippen molar-refractivity contribution in [3.63, 3.8) is 0 Å². The van der Waals surface area contributed by atoms with Crippen LogP contribution < -0.4 is 0 Å². The van der Waals surface area contributed by atoms with Crippen LogP contribution in [0.15, 0.2) is 84.9 Å². The molecule has 160 valence electrons. The van der Waals surface area contributed by atoms with Gasteiger partial charge < -0.3 is 0 Å². The molecule has 0 spiro atoms. The number of hydrogen-bond donors (Lipinski definition) is 0. The van der Waals surface area contributed by atoms with Gasteiger partial charge >= 0.3 is 0 Å². The molecule has 0 bridgehead atoms. The van der Waals surface area contributed by atoms with Crippen LogP contribution in [0.2, 0.25) is 0 Å². The minimum absolute atomic E-state index is 0.224. The van der Waals surface area contributed by atoms with Crippen molar-refractivity contribution in [3.05, 3.63) is 129 Å². The van der Waals surface area contributed by atoms with Crippen molar-refractivity contribution in [1.82, 2.24) is 0 Å². The molecular formula is C32H32. The van der Waals surface area contributed by atoms with Gasteiger partial charge in [0, 0.05) is 10.8 Å². The minimum atomic E-state index is -0.224. The highest BCUT2D eigenvalue weighted by Gasteiger charge is 2.53. The summed E-state index contributed by atoms with van der Waals surface area (Å²) in [7, 11) is 0. The highest BCUT2D eigenvalue weighted by Crippen LogP contribution is 2.60. The van der Waals surface area contributed by atoms with E-state index >= 15 is 0 Å². The molecular weight excluding hydrogens is 384 g/mol. The van der Waals surface area contributed by atoms with Crippen molar-refractivity contribution < 1.29 is 0 Å². The van der Waals surface area contributed by atoms with Crippen molar-refractivity contribution in [2.45, 2.75) is 52.4 Å². The zero-order valence-corrected chi connectivity index (χ0v) is 20.1. The van der Waals surface area contributed by atoms with Crippen LogP contribution in [0, 0.1) is 27.7 Å². The molecule has 0 N–H and O–H groups in total. The lowest BCUT2D eigenvalue weighted by Gasteiger charge is -2.53. The smallest absolute Gasteiger partial charge is 0.0315 e. The second kappa shape index (κ2) is 7.20. The molecule has 0 aromatic heterocycles. The fraction of sp³-hybridized carbons (Fsp3) is 0.250. The van der Waals surface area contributed by atoms with Gasteiger partial charge in [-0.15, -0.1) is 0 Å². The van der Waals surface area contributed by atoms with Gasteiger partial charge in [-0.1, -0.05) is 121 Å². The van der Waals surface area contributed by atoms with Crippen molar-refractivity contribution >= 4 is 0 Å². The predicted octanol–water partition coefficient (Wildman–Crippen LogP) is 8.21. The molecule has 0 fully saturated rings. The molecule has 1 aliphatic carbocycles. The molecule has 0 nitrogen and oxygen atoms in total. The maximum Gasteiger partial charge on any atom is 0.0315 e. The van der Waals surface area contributed by atoms with Crippen LogP contribution >= 0.6 is 0 Å². The van der Waals surface area contributed by atoms with Crippen LogP contribution in [0.5, 0.6) is 0 Å². The highest BCUT2D eigenvalue weighted by atomic mass is 14.5. The lowest BCUT2D eigenvalue weighted by atomic mass is 9.49. The number of hydrogen-bond acceptors (Lipinski definition) is 0. The van der Waals surface area contributed by atoms with Gasteiger partial charge in [0.1, 0.15) is 0 Å². The average Bonchev–Trinajstić information content (AvgIpc) is 2.78. The van der Waals surface area contributed by atoms with Crippen LogP contribution in [-0.2, 0) is 10.8 Å². The van der Waals surface area contributed by atoms with E-state index in [1.807, 2.05) is 0 Å². The second-order valence-corrected chi connectivity index (χ2v) is 10.1. The zero-order valence-electron chi connectivity index (χ0n) is 20.1. The van der Waals surface area contributed by atoms with E-state index in [9.17, 15) is 0 Å². The van der Waals surface area contributed by atoms with Crippen molar-refractivity contribution in [2.24, 2.45) is 0 Å². The van der Waals surface area contributed by atoms with Crippen LogP contribution in [0.4, 0.5) is 0 Å². The van der Waals surface area contributed by atoms with Crippen molar-refractivity contribution in [1.29, 1.82) is 0 Å². The predicted molar refractivity (Wildman–Crippen MR) is 137 cm³/mol. The van der Waals surface area contributed by atoms with E-state index in [0.29, 0.717) is 0 Å². The number of fused-ring (bicyclic) bond motifs is 3. The Morgan fingerprint density at radius 3 is 1.06 bits per heavy atom. The summed E-state index contributed by atoms with van der Waals surface area (Å²) >= 11 is 0. The Hall–Kier alpha value is -3.12. The van der Waals surface area contributed by atoms with E-state index in [2.05, 4.69) is 126 Å². The monoisotopic (exact) mass is 416 g/mol. The van der Waals surface area contributed by atoms with E-state index in [0.717, 1.165) is 0 Å². The third-order valence-electron chi connectivity index (χ3n) is 7.98. The SMILES string of the molecule is Cc1ccc(C2(C)c3cc(C)ccc3-c3ccc(C)cc3C2(C)c2ccc(C)cc2)cc1. The number of aryl methyl sites for hydroxylation is 4. The van der Waals surface area contributed by atoms with E-state index in [1.54, 1.807) is 0 Å². The molecule has 0 aliphatic heterocycles. The topological polar surface area (TPSA) is 0 Å². The Morgan fingerprint density at radius 1 is 0.406 bits per heavy atom.